The Hall–Kier alpha value is -2.50. The van der Waals surface area contributed by atoms with Crippen LogP contribution in [-0.4, -0.2) is 20.9 Å². The van der Waals surface area contributed by atoms with Gasteiger partial charge in [0.05, 0.1) is 12.4 Å². The van der Waals surface area contributed by atoms with Gasteiger partial charge in [0.15, 0.2) is 0 Å². The standard InChI is InChI=1S/C12H13N5O/c1-7-3-8(2)16-11(4-7)17-12(18)9-5-15-10(13)6-14-9/h3-6H,1-2H3,(H2,13,15)(H,16,17,18). The molecular formula is C12H13N5O. The van der Waals surface area contributed by atoms with Crippen molar-refractivity contribution in [2.24, 2.45) is 0 Å². The highest BCUT2D eigenvalue weighted by Gasteiger charge is 2.09. The van der Waals surface area contributed by atoms with E-state index in [4.69, 9.17) is 5.73 Å². The zero-order valence-electron chi connectivity index (χ0n) is 10.1. The van der Waals surface area contributed by atoms with Crippen LogP contribution >= 0.6 is 0 Å². The highest BCUT2D eigenvalue weighted by atomic mass is 16.1. The zero-order chi connectivity index (χ0) is 13.1. The van der Waals surface area contributed by atoms with Crippen LogP contribution in [0, 0.1) is 13.8 Å². The molecule has 2 aromatic rings. The molecule has 2 aromatic heterocycles. The van der Waals surface area contributed by atoms with Crippen LogP contribution in [0.5, 0.6) is 0 Å². The molecule has 6 heteroatoms. The molecule has 0 radical (unpaired) electrons. The van der Waals surface area contributed by atoms with E-state index in [1.165, 1.54) is 12.4 Å². The second-order valence-electron chi connectivity index (χ2n) is 3.95. The Bertz CT molecular complexity index is 559. The van der Waals surface area contributed by atoms with Crippen LogP contribution < -0.4 is 11.1 Å². The van der Waals surface area contributed by atoms with Crippen LogP contribution in [-0.2, 0) is 0 Å². The Kier molecular flexibility index (Phi) is 3.18. The van der Waals surface area contributed by atoms with Gasteiger partial charge in [-0.05, 0) is 31.5 Å². The lowest BCUT2D eigenvalue weighted by Gasteiger charge is -2.05. The number of carbonyl (C=O) groups excluding carboxylic acids is 1. The summed E-state index contributed by atoms with van der Waals surface area (Å²) in [5.74, 6) is 0.409. The molecule has 0 bridgehead atoms. The minimum atomic E-state index is -0.361. The number of nitrogens with one attached hydrogen (secondary N) is 1. The second kappa shape index (κ2) is 4.79. The van der Waals surface area contributed by atoms with Gasteiger partial charge in [0.1, 0.15) is 17.3 Å². The van der Waals surface area contributed by atoms with Crippen molar-refractivity contribution in [1.29, 1.82) is 0 Å². The first-order chi connectivity index (χ1) is 8.54. The van der Waals surface area contributed by atoms with E-state index in [2.05, 4.69) is 20.3 Å². The molecule has 0 aliphatic heterocycles. The summed E-state index contributed by atoms with van der Waals surface area (Å²) in [5, 5.41) is 2.67. The molecule has 0 saturated carbocycles. The van der Waals surface area contributed by atoms with Crippen LogP contribution in [0.4, 0.5) is 11.6 Å². The van der Waals surface area contributed by atoms with E-state index in [-0.39, 0.29) is 17.4 Å². The lowest BCUT2D eigenvalue weighted by Crippen LogP contribution is -2.15. The van der Waals surface area contributed by atoms with Crippen LogP contribution in [0.25, 0.3) is 0 Å². The topological polar surface area (TPSA) is 93.8 Å². The quantitative estimate of drug-likeness (QED) is 0.829. The Morgan fingerprint density at radius 2 is 2.00 bits per heavy atom. The van der Waals surface area contributed by atoms with Crippen molar-refractivity contribution in [2.45, 2.75) is 13.8 Å². The van der Waals surface area contributed by atoms with Gasteiger partial charge >= 0.3 is 0 Å². The first-order valence-corrected chi connectivity index (χ1v) is 5.39. The third kappa shape index (κ3) is 2.79. The number of hydrogen-bond donors (Lipinski definition) is 2. The summed E-state index contributed by atoms with van der Waals surface area (Å²) in [6.45, 7) is 3.80. The van der Waals surface area contributed by atoms with Gasteiger partial charge in [-0.15, -0.1) is 0 Å². The normalized spacial score (nSPS) is 10.1. The maximum absolute atomic E-state index is 11.9. The van der Waals surface area contributed by atoms with E-state index in [9.17, 15) is 4.79 Å². The molecule has 0 unspecified atom stereocenters. The fraction of sp³-hybridized carbons (Fsp3) is 0.167. The SMILES string of the molecule is Cc1cc(C)nc(NC(=O)c2cnc(N)cn2)c1. The molecule has 0 aliphatic rings. The maximum atomic E-state index is 11.9. The monoisotopic (exact) mass is 243 g/mol. The van der Waals surface area contributed by atoms with Crippen LogP contribution in [0.15, 0.2) is 24.5 Å². The molecule has 0 spiro atoms. The molecule has 0 fully saturated rings. The minimum Gasteiger partial charge on any atom is -0.382 e. The molecule has 0 aromatic carbocycles. The largest absolute Gasteiger partial charge is 0.382 e. The minimum absolute atomic E-state index is 0.199. The van der Waals surface area contributed by atoms with E-state index in [1.807, 2.05) is 19.9 Å². The van der Waals surface area contributed by atoms with Crippen LogP contribution in [0.2, 0.25) is 0 Å². The first kappa shape index (κ1) is 12.0. The van der Waals surface area contributed by atoms with Crippen LogP contribution in [0.1, 0.15) is 21.7 Å². The predicted octanol–water partition coefficient (Wildman–Crippen LogP) is 1.32. The molecule has 2 rings (SSSR count). The molecule has 0 aliphatic carbocycles. The van der Waals surface area contributed by atoms with E-state index >= 15 is 0 Å². The van der Waals surface area contributed by atoms with Gasteiger partial charge in [-0.1, -0.05) is 0 Å². The molecule has 18 heavy (non-hydrogen) atoms. The molecule has 0 atom stereocenters. The van der Waals surface area contributed by atoms with Gasteiger partial charge in [0, 0.05) is 5.69 Å². The van der Waals surface area contributed by atoms with Gasteiger partial charge in [-0.3, -0.25) is 4.79 Å². The molecule has 6 nitrogen and oxygen atoms in total. The van der Waals surface area contributed by atoms with Crippen molar-refractivity contribution in [1.82, 2.24) is 15.0 Å². The lowest BCUT2D eigenvalue weighted by molar-refractivity contribution is 0.102. The average Bonchev–Trinajstić information content (AvgIpc) is 2.28. The Morgan fingerprint density at radius 3 is 2.61 bits per heavy atom. The molecule has 2 heterocycles. The molecular weight excluding hydrogens is 230 g/mol. The van der Waals surface area contributed by atoms with Crippen molar-refractivity contribution in [3.05, 3.63) is 41.5 Å². The number of hydrogen-bond acceptors (Lipinski definition) is 5. The maximum Gasteiger partial charge on any atom is 0.277 e. The summed E-state index contributed by atoms with van der Waals surface area (Å²) in [7, 11) is 0. The fourth-order valence-corrected chi connectivity index (χ4v) is 1.54. The summed E-state index contributed by atoms with van der Waals surface area (Å²) in [4.78, 5) is 23.8. The molecule has 92 valence electrons. The lowest BCUT2D eigenvalue weighted by atomic mass is 10.2. The fourth-order valence-electron chi connectivity index (χ4n) is 1.54. The third-order valence-electron chi connectivity index (χ3n) is 2.24. The number of nitrogen functional groups attached to an aromatic ring is 1. The van der Waals surface area contributed by atoms with Gasteiger partial charge in [-0.2, -0.15) is 0 Å². The average molecular weight is 243 g/mol. The van der Waals surface area contributed by atoms with Crippen molar-refractivity contribution in [3.63, 3.8) is 0 Å². The van der Waals surface area contributed by atoms with E-state index in [1.54, 1.807) is 6.07 Å². The third-order valence-corrected chi connectivity index (χ3v) is 2.24. The number of aromatic nitrogens is 3. The highest BCUT2D eigenvalue weighted by molar-refractivity contribution is 6.02. The highest BCUT2D eigenvalue weighted by Crippen LogP contribution is 2.10. The van der Waals surface area contributed by atoms with Gasteiger partial charge in [0.25, 0.3) is 5.91 Å². The second-order valence-corrected chi connectivity index (χ2v) is 3.95. The zero-order valence-corrected chi connectivity index (χ0v) is 10.1. The van der Waals surface area contributed by atoms with Crippen molar-refractivity contribution in [2.75, 3.05) is 11.1 Å². The summed E-state index contributed by atoms with van der Waals surface area (Å²) in [6, 6.07) is 3.72. The van der Waals surface area contributed by atoms with E-state index in [0.717, 1.165) is 11.3 Å². The Labute approximate surface area is 104 Å². The number of amides is 1. The van der Waals surface area contributed by atoms with Crippen molar-refractivity contribution in [3.8, 4) is 0 Å². The number of nitrogens with zero attached hydrogens (tertiary/aromatic N) is 3. The summed E-state index contributed by atoms with van der Waals surface area (Å²) in [6.07, 6.45) is 2.66. The number of pyridine rings is 1. The number of nitrogens with two attached hydrogens (primary N) is 1. The Balaban J connectivity index is 2.18. The molecule has 3 N–H and O–H groups in total. The van der Waals surface area contributed by atoms with Gasteiger partial charge < -0.3 is 11.1 Å². The summed E-state index contributed by atoms with van der Waals surface area (Å²) in [5.41, 5.74) is 7.47. The van der Waals surface area contributed by atoms with Crippen LogP contribution in [0.3, 0.4) is 0 Å². The molecule has 0 saturated heterocycles. The molecule has 1 amide bonds. The number of rotatable bonds is 2. The first-order valence-electron chi connectivity index (χ1n) is 5.39. The van der Waals surface area contributed by atoms with E-state index in [0.29, 0.717) is 5.82 Å². The summed E-state index contributed by atoms with van der Waals surface area (Å²) >= 11 is 0. The number of aryl methyl sites for hydroxylation is 2. The number of carbonyl (C=O) groups is 1. The smallest absolute Gasteiger partial charge is 0.277 e. The Morgan fingerprint density at radius 1 is 1.22 bits per heavy atom. The van der Waals surface area contributed by atoms with E-state index < -0.39 is 0 Å². The summed E-state index contributed by atoms with van der Waals surface area (Å²) < 4.78 is 0. The van der Waals surface area contributed by atoms with Crippen molar-refractivity contribution >= 4 is 17.5 Å². The predicted molar refractivity (Wildman–Crippen MR) is 68.1 cm³/mol. The van der Waals surface area contributed by atoms with Gasteiger partial charge in [0.2, 0.25) is 0 Å². The van der Waals surface area contributed by atoms with Gasteiger partial charge in [-0.25, -0.2) is 15.0 Å². The number of anilines is 2. The van der Waals surface area contributed by atoms with Crippen molar-refractivity contribution < 1.29 is 4.79 Å².